The first kappa shape index (κ1) is 11.5. The monoisotopic (exact) mass is 196 g/mol. The predicted molar refractivity (Wildman–Crippen MR) is 55.6 cm³/mol. The van der Waals surface area contributed by atoms with Crippen LogP contribution in [0.1, 0.15) is 32.6 Å². The number of rotatable bonds is 4. The number of hydrogen-bond donors (Lipinski definition) is 2. The first-order valence-corrected chi connectivity index (χ1v) is 5.50. The molecule has 14 heavy (non-hydrogen) atoms. The van der Waals surface area contributed by atoms with Crippen LogP contribution >= 0.6 is 0 Å². The Morgan fingerprint density at radius 3 is 3.00 bits per heavy atom. The van der Waals surface area contributed by atoms with Crippen LogP contribution in [-0.4, -0.2) is 24.3 Å². The summed E-state index contributed by atoms with van der Waals surface area (Å²) in [5.41, 5.74) is 0. The molecule has 3 heteroatoms. The lowest BCUT2D eigenvalue weighted by Gasteiger charge is -2.26. The summed E-state index contributed by atoms with van der Waals surface area (Å²) in [5, 5.41) is 21.3. The molecule has 3 unspecified atom stereocenters. The highest BCUT2D eigenvalue weighted by atomic mass is 16.3. The van der Waals surface area contributed by atoms with Crippen LogP contribution < -0.4 is 5.32 Å². The van der Waals surface area contributed by atoms with Crippen LogP contribution in [0.3, 0.4) is 0 Å². The van der Waals surface area contributed by atoms with Crippen LogP contribution in [0.2, 0.25) is 0 Å². The summed E-state index contributed by atoms with van der Waals surface area (Å²) in [7, 11) is 0. The molecule has 1 saturated carbocycles. The molecule has 1 aliphatic carbocycles. The molecule has 0 radical (unpaired) electrons. The van der Waals surface area contributed by atoms with Gasteiger partial charge in [-0.1, -0.05) is 6.42 Å². The first-order valence-electron chi connectivity index (χ1n) is 5.50. The third-order valence-corrected chi connectivity index (χ3v) is 2.86. The van der Waals surface area contributed by atoms with Crippen molar-refractivity contribution in [1.29, 1.82) is 5.26 Å². The number of aliphatic hydroxyl groups excluding tert-OH is 1. The second-order valence-electron chi connectivity index (χ2n) is 4.37. The van der Waals surface area contributed by atoms with Crippen molar-refractivity contribution in [3.05, 3.63) is 0 Å². The molecule has 3 atom stereocenters. The van der Waals surface area contributed by atoms with E-state index in [4.69, 9.17) is 5.26 Å². The summed E-state index contributed by atoms with van der Waals surface area (Å²) in [6, 6.07) is 2.20. The molecule has 0 aromatic rings. The average Bonchev–Trinajstić information content (AvgIpc) is 2.17. The molecule has 0 aliphatic heterocycles. The van der Waals surface area contributed by atoms with E-state index in [1.165, 1.54) is 6.42 Å². The van der Waals surface area contributed by atoms with Crippen molar-refractivity contribution in [2.24, 2.45) is 11.8 Å². The van der Waals surface area contributed by atoms with Crippen molar-refractivity contribution in [2.45, 2.75) is 38.7 Å². The lowest BCUT2D eigenvalue weighted by molar-refractivity contribution is 0.101. The van der Waals surface area contributed by atoms with Gasteiger partial charge < -0.3 is 10.4 Å². The zero-order valence-electron chi connectivity index (χ0n) is 8.87. The third kappa shape index (κ3) is 4.08. The second kappa shape index (κ2) is 6.00. The lowest BCUT2D eigenvalue weighted by atomic mass is 9.87. The molecular weight excluding hydrogens is 176 g/mol. The summed E-state index contributed by atoms with van der Waals surface area (Å²) in [5.74, 6) is 0.688. The number of nitrogens with one attached hydrogen (secondary N) is 1. The summed E-state index contributed by atoms with van der Waals surface area (Å²) < 4.78 is 0. The molecule has 0 saturated heterocycles. The Hall–Kier alpha value is -0.590. The van der Waals surface area contributed by atoms with Gasteiger partial charge in [-0.05, 0) is 38.6 Å². The van der Waals surface area contributed by atoms with Crippen LogP contribution in [0, 0.1) is 23.2 Å². The van der Waals surface area contributed by atoms with Crippen molar-refractivity contribution in [2.75, 3.05) is 13.1 Å². The van der Waals surface area contributed by atoms with E-state index >= 15 is 0 Å². The Bertz CT molecular complexity index is 200. The van der Waals surface area contributed by atoms with Gasteiger partial charge in [-0.2, -0.15) is 5.26 Å². The predicted octanol–water partition coefficient (Wildman–Crippen LogP) is 1.29. The molecule has 0 aromatic heterocycles. The zero-order valence-corrected chi connectivity index (χ0v) is 8.87. The summed E-state index contributed by atoms with van der Waals surface area (Å²) in [6.45, 7) is 3.63. The lowest BCUT2D eigenvalue weighted by Crippen LogP contribution is -2.31. The Kier molecular flexibility index (Phi) is 4.92. The van der Waals surface area contributed by atoms with Gasteiger partial charge in [0.05, 0.1) is 18.1 Å². The van der Waals surface area contributed by atoms with Gasteiger partial charge in [0.25, 0.3) is 0 Å². The van der Waals surface area contributed by atoms with Crippen molar-refractivity contribution < 1.29 is 5.11 Å². The summed E-state index contributed by atoms with van der Waals surface area (Å²) in [4.78, 5) is 0. The molecule has 0 spiro atoms. The third-order valence-electron chi connectivity index (χ3n) is 2.86. The van der Waals surface area contributed by atoms with Gasteiger partial charge in [0.2, 0.25) is 0 Å². The van der Waals surface area contributed by atoms with Crippen LogP contribution in [0.4, 0.5) is 0 Å². The van der Waals surface area contributed by atoms with Gasteiger partial charge >= 0.3 is 0 Å². The SMILES string of the molecule is CC(C#N)CNCC1CCCC(O)C1. The van der Waals surface area contributed by atoms with E-state index in [1.807, 2.05) is 6.92 Å². The van der Waals surface area contributed by atoms with Gasteiger partial charge in [0.1, 0.15) is 0 Å². The molecule has 0 amide bonds. The number of aliphatic hydroxyl groups is 1. The second-order valence-corrected chi connectivity index (χ2v) is 4.37. The van der Waals surface area contributed by atoms with E-state index in [-0.39, 0.29) is 12.0 Å². The van der Waals surface area contributed by atoms with E-state index in [2.05, 4.69) is 11.4 Å². The van der Waals surface area contributed by atoms with Crippen LogP contribution in [0.15, 0.2) is 0 Å². The van der Waals surface area contributed by atoms with Gasteiger partial charge in [-0.3, -0.25) is 0 Å². The maximum Gasteiger partial charge on any atom is 0.0666 e. The number of nitriles is 1. The van der Waals surface area contributed by atoms with Gasteiger partial charge in [0, 0.05) is 6.54 Å². The highest BCUT2D eigenvalue weighted by molar-refractivity contribution is 4.81. The van der Waals surface area contributed by atoms with Crippen molar-refractivity contribution in [1.82, 2.24) is 5.32 Å². The molecular formula is C11H20N2O. The van der Waals surface area contributed by atoms with Gasteiger partial charge in [-0.15, -0.1) is 0 Å². The Labute approximate surface area is 86.1 Å². The molecule has 1 fully saturated rings. The Morgan fingerprint density at radius 1 is 1.57 bits per heavy atom. The highest BCUT2D eigenvalue weighted by Gasteiger charge is 2.19. The first-order chi connectivity index (χ1) is 6.72. The van der Waals surface area contributed by atoms with Crippen molar-refractivity contribution in [3.63, 3.8) is 0 Å². The molecule has 3 nitrogen and oxygen atoms in total. The fourth-order valence-corrected chi connectivity index (χ4v) is 2.00. The molecule has 0 bridgehead atoms. The van der Waals surface area contributed by atoms with E-state index in [0.29, 0.717) is 5.92 Å². The van der Waals surface area contributed by atoms with Crippen LogP contribution in [-0.2, 0) is 0 Å². The number of nitrogens with zero attached hydrogens (tertiary/aromatic N) is 1. The molecule has 2 N–H and O–H groups in total. The van der Waals surface area contributed by atoms with Crippen molar-refractivity contribution in [3.8, 4) is 6.07 Å². The minimum Gasteiger partial charge on any atom is -0.393 e. The maximum atomic E-state index is 9.45. The van der Waals surface area contributed by atoms with Crippen LogP contribution in [0.25, 0.3) is 0 Å². The Balaban J connectivity index is 2.09. The molecule has 0 heterocycles. The standard InChI is InChI=1S/C11H20N2O/c1-9(6-12)7-13-8-10-3-2-4-11(14)5-10/h9-11,13-14H,2-5,7-8H2,1H3. The zero-order chi connectivity index (χ0) is 10.4. The fourth-order valence-electron chi connectivity index (χ4n) is 2.00. The van der Waals surface area contributed by atoms with Crippen molar-refractivity contribution >= 4 is 0 Å². The van der Waals surface area contributed by atoms with E-state index in [0.717, 1.165) is 32.4 Å². The van der Waals surface area contributed by atoms with E-state index in [9.17, 15) is 5.11 Å². The molecule has 0 aromatic carbocycles. The van der Waals surface area contributed by atoms with Gasteiger partial charge in [0.15, 0.2) is 0 Å². The van der Waals surface area contributed by atoms with E-state index in [1.54, 1.807) is 0 Å². The quantitative estimate of drug-likeness (QED) is 0.712. The van der Waals surface area contributed by atoms with E-state index < -0.39 is 0 Å². The minimum atomic E-state index is -0.0936. The summed E-state index contributed by atoms with van der Waals surface area (Å²) >= 11 is 0. The molecule has 80 valence electrons. The molecule has 1 aliphatic rings. The minimum absolute atomic E-state index is 0.0866. The van der Waals surface area contributed by atoms with Crippen LogP contribution in [0.5, 0.6) is 0 Å². The normalized spacial score (nSPS) is 29.5. The van der Waals surface area contributed by atoms with Gasteiger partial charge in [-0.25, -0.2) is 0 Å². The average molecular weight is 196 g/mol. The summed E-state index contributed by atoms with van der Waals surface area (Å²) in [6.07, 6.45) is 4.15. The maximum absolute atomic E-state index is 9.45. The number of hydrogen-bond acceptors (Lipinski definition) is 3. The highest BCUT2D eigenvalue weighted by Crippen LogP contribution is 2.23. The molecule has 1 rings (SSSR count). The Morgan fingerprint density at radius 2 is 2.36 bits per heavy atom. The largest absolute Gasteiger partial charge is 0.393 e. The topological polar surface area (TPSA) is 56.0 Å². The smallest absolute Gasteiger partial charge is 0.0666 e. The fraction of sp³-hybridized carbons (Fsp3) is 0.909.